The summed E-state index contributed by atoms with van der Waals surface area (Å²) in [5, 5.41) is 10.1. The van der Waals surface area contributed by atoms with Crippen LogP contribution in [0.1, 0.15) is 53.1 Å². The van der Waals surface area contributed by atoms with Crippen LogP contribution in [-0.2, 0) is 11.0 Å². The molecule has 0 atom stereocenters. The van der Waals surface area contributed by atoms with Crippen LogP contribution in [0.4, 0.5) is 0 Å². The molecule has 6 heteroatoms. The summed E-state index contributed by atoms with van der Waals surface area (Å²) >= 11 is 0. The third-order valence-corrected chi connectivity index (χ3v) is 5.08. The van der Waals surface area contributed by atoms with Crippen molar-refractivity contribution in [2.75, 3.05) is 6.35 Å². The quantitative estimate of drug-likeness (QED) is 0.642. The number of phenols is 1. The zero-order chi connectivity index (χ0) is 19.6. The Morgan fingerprint density at radius 2 is 1.65 bits per heavy atom. The molecular weight excluding hydrogens is 351 g/mol. The van der Waals surface area contributed by atoms with Gasteiger partial charge in [0, 0.05) is 0 Å². The molecule has 142 valence electrons. The fourth-order valence-electron chi connectivity index (χ4n) is 3.34. The van der Waals surface area contributed by atoms with Crippen LogP contribution < -0.4 is 4.74 Å². The van der Waals surface area contributed by atoms with Gasteiger partial charge in [-0.25, -0.2) is 0 Å². The number of hydrogen-bond donors (Lipinski definition) is 3. The topological polar surface area (TPSA) is 87.0 Å². The Balaban J connectivity index is 2.34. The van der Waals surface area contributed by atoms with Crippen LogP contribution in [0, 0.1) is 20.8 Å². The monoisotopic (exact) mass is 378 g/mol. The van der Waals surface area contributed by atoms with Gasteiger partial charge in [0.15, 0.2) is 6.35 Å². The van der Waals surface area contributed by atoms with Crippen LogP contribution in [-0.4, -0.2) is 21.2 Å². The molecule has 0 aliphatic rings. The summed E-state index contributed by atoms with van der Waals surface area (Å²) in [5.41, 5.74) is 6.38. The van der Waals surface area contributed by atoms with E-state index in [9.17, 15) is 9.67 Å². The first-order valence-corrected chi connectivity index (χ1v) is 10.4. The molecule has 0 spiro atoms. The number of rotatable bonds is 6. The van der Waals surface area contributed by atoms with Gasteiger partial charge in [0.1, 0.15) is 11.5 Å². The Hall–Kier alpha value is -1.81. The van der Waals surface area contributed by atoms with Crippen LogP contribution in [0.3, 0.4) is 0 Å². The lowest BCUT2D eigenvalue weighted by Gasteiger charge is -2.18. The Bertz CT molecular complexity index is 829. The number of aromatic hydroxyl groups is 1. The van der Waals surface area contributed by atoms with Gasteiger partial charge in [-0.2, -0.15) is 0 Å². The van der Waals surface area contributed by atoms with Gasteiger partial charge < -0.3 is 19.6 Å². The lowest BCUT2D eigenvalue weighted by molar-refractivity contribution is 0.300. The molecule has 0 saturated heterocycles. The molecule has 0 aromatic heterocycles. The van der Waals surface area contributed by atoms with Gasteiger partial charge in [0.05, 0.1) is 0 Å². The van der Waals surface area contributed by atoms with Crippen LogP contribution in [0.25, 0.3) is 0 Å². The fraction of sp³-hybridized carbons (Fsp3) is 0.400. The lowest BCUT2D eigenvalue weighted by Crippen LogP contribution is -2.03. The summed E-state index contributed by atoms with van der Waals surface area (Å²) in [7, 11) is -4.20. The predicted octanol–water partition coefficient (Wildman–Crippen LogP) is 4.55. The van der Waals surface area contributed by atoms with E-state index >= 15 is 0 Å². The summed E-state index contributed by atoms with van der Waals surface area (Å²) in [5.74, 6) is 1.02. The van der Waals surface area contributed by atoms with Gasteiger partial charge in [-0.15, -0.1) is 0 Å². The maximum Gasteiger partial charge on any atom is 0.362 e. The second-order valence-electron chi connectivity index (χ2n) is 7.09. The third kappa shape index (κ3) is 4.88. The normalized spacial score (nSPS) is 11.8. The maximum atomic E-state index is 11.0. The van der Waals surface area contributed by atoms with E-state index in [2.05, 4.69) is 13.8 Å². The van der Waals surface area contributed by atoms with Crippen molar-refractivity contribution >= 4 is 7.60 Å². The Labute approximate surface area is 154 Å². The molecule has 5 nitrogen and oxygen atoms in total. The first-order valence-electron chi connectivity index (χ1n) is 8.58. The highest BCUT2D eigenvalue weighted by molar-refractivity contribution is 7.51. The van der Waals surface area contributed by atoms with Crippen molar-refractivity contribution in [2.45, 2.75) is 47.0 Å². The van der Waals surface area contributed by atoms with E-state index < -0.39 is 13.9 Å². The van der Waals surface area contributed by atoms with Crippen molar-refractivity contribution in [1.29, 1.82) is 0 Å². The van der Waals surface area contributed by atoms with Crippen molar-refractivity contribution < 1.29 is 24.2 Å². The van der Waals surface area contributed by atoms with Crippen LogP contribution in [0.15, 0.2) is 24.3 Å². The predicted molar refractivity (Wildman–Crippen MR) is 103 cm³/mol. The molecule has 0 amide bonds. The Kier molecular flexibility index (Phi) is 6.17. The van der Waals surface area contributed by atoms with Crippen molar-refractivity contribution in [2.24, 2.45) is 0 Å². The average Bonchev–Trinajstić information content (AvgIpc) is 2.49. The molecule has 0 saturated carbocycles. The van der Waals surface area contributed by atoms with Crippen molar-refractivity contribution in [3.05, 3.63) is 57.6 Å². The lowest BCUT2D eigenvalue weighted by atomic mass is 9.88. The number of aryl methyl sites for hydroxylation is 2. The molecule has 0 aliphatic heterocycles. The van der Waals surface area contributed by atoms with Gasteiger partial charge in [0.25, 0.3) is 0 Å². The van der Waals surface area contributed by atoms with E-state index in [0.29, 0.717) is 11.5 Å². The highest BCUT2D eigenvalue weighted by Gasteiger charge is 2.17. The van der Waals surface area contributed by atoms with Gasteiger partial charge >= 0.3 is 7.60 Å². The molecule has 0 bridgehead atoms. The summed E-state index contributed by atoms with van der Waals surface area (Å²) in [6.07, 6.45) is 0.0995. The number of phenolic OH excluding ortho intramolecular Hbond substituents is 1. The average molecular weight is 378 g/mol. The second kappa shape index (κ2) is 7.83. The van der Waals surface area contributed by atoms with Gasteiger partial charge in [-0.1, -0.05) is 19.9 Å². The molecule has 26 heavy (non-hydrogen) atoms. The van der Waals surface area contributed by atoms with E-state index in [1.165, 1.54) is 0 Å². The molecule has 2 rings (SSSR count). The van der Waals surface area contributed by atoms with Crippen LogP contribution in [0.2, 0.25) is 0 Å². The number of benzene rings is 2. The van der Waals surface area contributed by atoms with Crippen LogP contribution >= 0.6 is 7.60 Å². The van der Waals surface area contributed by atoms with Crippen LogP contribution in [0.5, 0.6) is 11.5 Å². The van der Waals surface area contributed by atoms with Crippen molar-refractivity contribution in [3.63, 3.8) is 0 Å². The minimum atomic E-state index is -4.20. The highest BCUT2D eigenvalue weighted by Crippen LogP contribution is 2.36. The first kappa shape index (κ1) is 20.5. The van der Waals surface area contributed by atoms with Gasteiger partial charge in [-0.3, -0.25) is 4.57 Å². The fourth-order valence-corrected chi connectivity index (χ4v) is 3.66. The minimum absolute atomic E-state index is 0.237. The number of hydrogen-bond acceptors (Lipinski definition) is 3. The minimum Gasteiger partial charge on any atom is -0.508 e. The SMILES string of the molecule is Cc1cc(OCP(=O)(O)O)cc(C)c1Cc1ccc(O)c(C(C)C)c1C. The largest absolute Gasteiger partial charge is 0.508 e. The maximum absolute atomic E-state index is 11.0. The molecule has 3 N–H and O–H groups in total. The highest BCUT2D eigenvalue weighted by atomic mass is 31.2. The third-order valence-electron chi connectivity index (χ3n) is 4.62. The van der Waals surface area contributed by atoms with E-state index in [1.807, 2.05) is 26.8 Å². The zero-order valence-corrected chi connectivity index (χ0v) is 16.8. The first-order chi connectivity index (χ1) is 12.0. The van der Waals surface area contributed by atoms with E-state index in [4.69, 9.17) is 14.5 Å². The summed E-state index contributed by atoms with van der Waals surface area (Å²) in [4.78, 5) is 17.9. The van der Waals surface area contributed by atoms with Gasteiger partial charge in [-0.05, 0) is 84.7 Å². The Morgan fingerprint density at radius 3 is 2.15 bits per heavy atom. The molecular formula is C20H27O5P. The molecule has 0 heterocycles. The van der Waals surface area contributed by atoms with E-state index in [-0.39, 0.29) is 5.92 Å². The molecule has 0 aliphatic carbocycles. The summed E-state index contributed by atoms with van der Waals surface area (Å²) in [6, 6.07) is 7.31. The molecule has 2 aromatic rings. The van der Waals surface area contributed by atoms with Crippen molar-refractivity contribution in [3.8, 4) is 11.5 Å². The van der Waals surface area contributed by atoms with Gasteiger partial charge in [0.2, 0.25) is 0 Å². The molecule has 0 unspecified atom stereocenters. The van der Waals surface area contributed by atoms with E-state index in [1.54, 1.807) is 18.2 Å². The molecule has 2 aromatic carbocycles. The molecule has 0 radical (unpaired) electrons. The van der Waals surface area contributed by atoms with E-state index in [0.717, 1.165) is 39.8 Å². The molecule has 0 fully saturated rings. The standard InChI is InChI=1S/C20H27O5P/c1-12(2)20-15(5)16(6-7-19(20)21)10-18-13(3)8-17(9-14(18)4)25-11-26(22,23)24/h6-9,12,21H,10-11H2,1-5H3,(H2,22,23,24). The van der Waals surface area contributed by atoms with Crippen molar-refractivity contribution in [1.82, 2.24) is 0 Å². The Morgan fingerprint density at radius 1 is 1.08 bits per heavy atom. The summed E-state index contributed by atoms with van der Waals surface area (Å²) in [6.45, 7) is 10.1. The number of ether oxygens (including phenoxy) is 1. The smallest absolute Gasteiger partial charge is 0.362 e. The zero-order valence-electron chi connectivity index (χ0n) is 15.9. The summed E-state index contributed by atoms with van der Waals surface area (Å²) < 4.78 is 16.2. The second-order valence-corrected chi connectivity index (χ2v) is 8.68.